The second-order valence-electron chi connectivity index (χ2n) is 7.77. The second kappa shape index (κ2) is 6.73. The minimum absolute atomic E-state index is 0.0986. The zero-order chi connectivity index (χ0) is 21.9. The van der Waals surface area contributed by atoms with E-state index in [0.717, 1.165) is 16.8 Å². The van der Waals surface area contributed by atoms with Crippen LogP contribution in [0.1, 0.15) is 16.8 Å². The minimum atomic E-state index is -0.425. The minimum Gasteiger partial charge on any atom is -0.506 e. The van der Waals surface area contributed by atoms with E-state index in [1.165, 1.54) is 9.13 Å². The van der Waals surface area contributed by atoms with Crippen LogP contribution in [0.5, 0.6) is 5.75 Å². The molecule has 5 aromatic rings. The topological polar surface area (TPSA) is 86.5 Å². The van der Waals surface area contributed by atoms with Gasteiger partial charge in [-0.05, 0) is 31.5 Å². The highest BCUT2D eigenvalue weighted by molar-refractivity contribution is 5.76. The lowest BCUT2D eigenvalue weighted by Crippen LogP contribution is -2.39. The van der Waals surface area contributed by atoms with Crippen LogP contribution in [0.4, 0.5) is 0 Å². The van der Waals surface area contributed by atoms with Gasteiger partial charge in [0.25, 0.3) is 5.56 Å². The summed E-state index contributed by atoms with van der Waals surface area (Å²) < 4.78 is 6.08. The summed E-state index contributed by atoms with van der Waals surface area (Å²) in [7, 11) is 1.61. The van der Waals surface area contributed by atoms with Crippen LogP contribution in [0.3, 0.4) is 0 Å². The number of imidazole rings is 2. The number of benzene rings is 2. The van der Waals surface area contributed by atoms with Crippen LogP contribution in [0.2, 0.25) is 0 Å². The normalized spacial score (nSPS) is 11.6. The lowest BCUT2D eigenvalue weighted by atomic mass is 10.1. The lowest BCUT2D eigenvalue weighted by molar-refractivity contribution is 0.472. The van der Waals surface area contributed by atoms with Crippen molar-refractivity contribution < 1.29 is 5.11 Å². The predicted octanol–water partition coefficient (Wildman–Crippen LogP) is 2.51. The third-order valence-electron chi connectivity index (χ3n) is 5.57. The Hall–Kier alpha value is -4.07. The first-order valence-corrected chi connectivity index (χ1v) is 9.90. The predicted molar refractivity (Wildman–Crippen MR) is 118 cm³/mol. The van der Waals surface area contributed by atoms with E-state index < -0.39 is 11.2 Å². The molecule has 3 aromatic heterocycles. The maximum Gasteiger partial charge on any atom is 0.332 e. The Kier molecular flexibility index (Phi) is 4.11. The zero-order valence-electron chi connectivity index (χ0n) is 17.4. The molecule has 0 radical (unpaired) electrons. The molecule has 3 heterocycles. The highest BCUT2D eigenvalue weighted by atomic mass is 16.3. The van der Waals surface area contributed by atoms with Gasteiger partial charge in [-0.25, -0.2) is 4.79 Å². The molecular formula is C23H21N5O3. The number of aromatic nitrogens is 5. The average Bonchev–Trinajstić information content (AvgIpc) is 3.25. The number of aryl methyl sites for hydroxylation is 3. The molecule has 0 aliphatic carbocycles. The smallest absolute Gasteiger partial charge is 0.332 e. The maximum absolute atomic E-state index is 13.4. The molecule has 2 aromatic carbocycles. The molecule has 0 amide bonds. The summed E-state index contributed by atoms with van der Waals surface area (Å²) in [5, 5.41) is 10.3. The number of nitrogens with zero attached hydrogens (tertiary/aromatic N) is 5. The van der Waals surface area contributed by atoms with Crippen molar-refractivity contribution >= 4 is 16.9 Å². The third-order valence-corrected chi connectivity index (χ3v) is 5.57. The van der Waals surface area contributed by atoms with Crippen LogP contribution in [0.25, 0.3) is 22.6 Å². The van der Waals surface area contributed by atoms with Crippen molar-refractivity contribution in [3.05, 3.63) is 92.4 Å². The number of phenols is 1. The molecule has 156 valence electrons. The summed E-state index contributed by atoms with van der Waals surface area (Å²) in [5.41, 5.74) is 3.08. The molecule has 0 spiro atoms. The first-order chi connectivity index (χ1) is 14.9. The van der Waals surface area contributed by atoms with Crippen molar-refractivity contribution in [2.24, 2.45) is 7.05 Å². The Morgan fingerprint density at radius 2 is 1.81 bits per heavy atom. The number of hydrogen-bond acceptors (Lipinski definition) is 4. The van der Waals surface area contributed by atoms with Gasteiger partial charge in [0, 0.05) is 18.9 Å². The highest BCUT2D eigenvalue weighted by Crippen LogP contribution is 2.26. The van der Waals surface area contributed by atoms with Crippen LogP contribution in [0, 0.1) is 13.8 Å². The first kappa shape index (κ1) is 18.9. The highest BCUT2D eigenvalue weighted by Gasteiger charge is 2.21. The molecule has 1 N–H and O–H groups in total. The quantitative estimate of drug-likeness (QED) is 0.491. The van der Waals surface area contributed by atoms with E-state index in [1.54, 1.807) is 40.4 Å². The number of fused-ring (bicyclic) bond motifs is 3. The van der Waals surface area contributed by atoms with Gasteiger partial charge in [0.15, 0.2) is 11.2 Å². The van der Waals surface area contributed by atoms with Gasteiger partial charge in [-0.2, -0.15) is 4.98 Å². The van der Waals surface area contributed by atoms with Gasteiger partial charge in [-0.1, -0.05) is 42.0 Å². The second-order valence-corrected chi connectivity index (χ2v) is 7.77. The summed E-state index contributed by atoms with van der Waals surface area (Å²) in [4.78, 5) is 31.0. The van der Waals surface area contributed by atoms with Crippen molar-refractivity contribution in [1.29, 1.82) is 0 Å². The third kappa shape index (κ3) is 2.79. The van der Waals surface area contributed by atoms with E-state index in [9.17, 15) is 14.7 Å². The molecule has 0 atom stereocenters. The summed E-state index contributed by atoms with van der Waals surface area (Å²) in [6.07, 6.45) is 1.79. The van der Waals surface area contributed by atoms with Crippen LogP contribution in [0.15, 0.2) is 64.3 Å². The molecule has 8 heteroatoms. The standard InChI is InChI=1S/C23H21N5O3/c1-14-7-6-8-16(11-14)13-27-21(30)19-20(25(3)23(27)31)24-22-26(19)12-15(2)28(22)17-9-4-5-10-18(17)29/h4-12,29H,13H2,1-3H3. The number of hydrogen-bond donors (Lipinski definition) is 1. The van der Waals surface area contributed by atoms with E-state index in [2.05, 4.69) is 4.98 Å². The molecular weight excluding hydrogens is 394 g/mol. The first-order valence-electron chi connectivity index (χ1n) is 9.90. The molecule has 0 aliphatic rings. The lowest BCUT2D eigenvalue weighted by Gasteiger charge is -2.09. The Morgan fingerprint density at radius 1 is 1.03 bits per heavy atom. The van der Waals surface area contributed by atoms with Crippen molar-refractivity contribution in [2.45, 2.75) is 20.4 Å². The fourth-order valence-corrected chi connectivity index (χ4v) is 4.09. The van der Waals surface area contributed by atoms with Crippen molar-refractivity contribution in [3.8, 4) is 11.4 Å². The van der Waals surface area contributed by atoms with Gasteiger partial charge in [0.1, 0.15) is 5.75 Å². The van der Waals surface area contributed by atoms with E-state index in [4.69, 9.17) is 0 Å². The number of aromatic hydroxyl groups is 1. The maximum atomic E-state index is 13.4. The average molecular weight is 415 g/mol. The molecule has 0 unspecified atom stereocenters. The van der Waals surface area contributed by atoms with Gasteiger partial charge in [0.05, 0.1) is 12.2 Å². The molecule has 8 nitrogen and oxygen atoms in total. The molecule has 0 saturated heterocycles. The Labute approximate surface area is 176 Å². The van der Waals surface area contributed by atoms with Crippen LogP contribution in [-0.4, -0.2) is 28.2 Å². The van der Waals surface area contributed by atoms with Gasteiger partial charge in [-0.15, -0.1) is 0 Å². The number of rotatable bonds is 3. The molecule has 31 heavy (non-hydrogen) atoms. The molecule has 0 bridgehead atoms. The van der Waals surface area contributed by atoms with Gasteiger partial charge < -0.3 is 5.11 Å². The fourth-order valence-electron chi connectivity index (χ4n) is 4.09. The van der Waals surface area contributed by atoms with Crippen molar-refractivity contribution in [1.82, 2.24) is 23.1 Å². The van der Waals surface area contributed by atoms with E-state index in [0.29, 0.717) is 22.6 Å². The van der Waals surface area contributed by atoms with Gasteiger partial charge in [-0.3, -0.25) is 22.9 Å². The van der Waals surface area contributed by atoms with Gasteiger partial charge >= 0.3 is 5.69 Å². The fraction of sp³-hybridized carbons (Fsp3) is 0.174. The van der Waals surface area contributed by atoms with Gasteiger partial charge in [0.2, 0.25) is 5.78 Å². The van der Waals surface area contributed by atoms with E-state index >= 15 is 0 Å². The van der Waals surface area contributed by atoms with E-state index in [1.807, 2.05) is 44.2 Å². The van der Waals surface area contributed by atoms with Crippen molar-refractivity contribution in [3.63, 3.8) is 0 Å². The van der Waals surface area contributed by atoms with E-state index in [-0.39, 0.29) is 12.3 Å². The SMILES string of the molecule is Cc1cccc(Cn2c(=O)c3c(nc4n(-c5ccccc5O)c(C)cn34)n(C)c2=O)c1. The number of phenolic OH excluding ortho intramolecular Hbond substituents is 1. The largest absolute Gasteiger partial charge is 0.506 e. The molecule has 5 rings (SSSR count). The molecule has 0 fully saturated rings. The Morgan fingerprint density at radius 3 is 2.55 bits per heavy atom. The summed E-state index contributed by atoms with van der Waals surface area (Å²) >= 11 is 0. The molecule has 0 aliphatic heterocycles. The zero-order valence-corrected chi connectivity index (χ0v) is 17.4. The molecule has 0 saturated carbocycles. The summed E-state index contributed by atoms with van der Waals surface area (Å²) in [6, 6.07) is 14.7. The summed E-state index contributed by atoms with van der Waals surface area (Å²) in [6.45, 7) is 4.02. The summed E-state index contributed by atoms with van der Waals surface area (Å²) in [5.74, 6) is 0.552. The van der Waals surface area contributed by atoms with Crippen molar-refractivity contribution in [2.75, 3.05) is 0 Å². The van der Waals surface area contributed by atoms with Crippen LogP contribution in [-0.2, 0) is 13.6 Å². The van der Waals surface area contributed by atoms with Crippen LogP contribution >= 0.6 is 0 Å². The Balaban J connectivity index is 1.81. The Bertz CT molecular complexity index is 1600. The van der Waals surface area contributed by atoms with Crippen LogP contribution < -0.4 is 11.2 Å². The monoisotopic (exact) mass is 415 g/mol. The number of para-hydroxylation sites is 2.